The molecule has 0 spiro atoms. The number of halogens is 2. The maximum Gasteiger partial charge on any atom is 0.191 e. The smallest absolute Gasteiger partial charge is 0.191 e. The molecule has 0 bridgehead atoms. The molecule has 2 N–H and O–H groups in total. The van der Waals surface area contributed by atoms with E-state index in [1.165, 1.54) is 5.56 Å². The van der Waals surface area contributed by atoms with Gasteiger partial charge >= 0.3 is 0 Å². The number of nitrogens with zero attached hydrogens (tertiary/aromatic N) is 1. The zero-order valence-corrected chi connectivity index (χ0v) is 16.0. The van der Waals surface area contributed by atoms with Crippen LogP contribution in [-0.2, 0) is 6.54 Å². The van der Waals surface area contributed by atoms with Crippen molar-refractivity contribution in [3.05, 3.63) is 34.3 Å². The lowest BCUT2D eigenvalue weighted by Crippen LogP contribution is -2.38. The zero-order chi connectivity index (χ0) is 13.2. The highest BCUT2D eigenvalue weighted by atomic mass is 127. The fraction of sp³-hybridized carbons (Fsp3) is 0.462. The highest BCUT2D eigenvalue weighted by molar-refractivity contribution is 14.0. The SMILES string of the molecule is CCNC(=NCc1ccc(Br)cc1)NCCSC.I. The van der Waals surface area contributed by atoms with Crippen LogP contribution in [0, 0.1) is 0 Å². The number of guanidine groups is 1. The summed E-state index contributed by atoms with van der Waals surface area (Å²) < 4.78 is 1.10. The minimum atomic E-state index is 0. The van der Waals surface area contributed by atoms with E-state index in [0.29, 0.717) is 6.54 Å². The number of hydrogen-bond acceptors (Lipinski definition) is 2. The Bertz CT molecular complexity index is 371. The molecule has 0 aliphatic rings. The van der Waals surface area contributed by atoms with Crippen LogP contribution in [0.25, 0.3) is 0 Å². The number of benzene rings is 1. The summed E-state index contributed by atoms with van der Waals surface area (Å²) in [5.74, 6) is 1.97. The molecule has 19 heavy (non-hydrogen) atoms. The van der Waals surface area contributed by atoms with Gasteiger partial charge < -0.3 is 10.6 Å². The van der Waals surface area contributed by atoms with Gasteiger partial charge in [0, 0.05) is 23.3 Å². The Balaban J connectivity index is 0.00000324. The second-order valence-corrected chi connectivity index (χ2v) is 5.64. The largest absolute Gasteiger partial charge is 0.357 e. The van der Waals surface area contributed by atoms with Crippen LogP contribution in [0.1, 0.15) is 12.5 Å². The molecule has 0 fully saturated rings. The molecular formula is C13H21BrIN3S. The van der Waals surface area contributed by atoms with Gasteiger partial charge in [0.2, 0.25) is 0 Å². The van der Waals surface area contributed by atoms with Gasteiger partial charge in [-0.15, -0.1) is 24.0 Å². The normalized spacial score (nSPS) is 10.8. The first-order valence-electron chi connectivity index (χ1n) is 6.01. The van der Waals surface area contributed by atoms with Crippen molar-refractivity contribution in [3.63, 3.8) is 0 Å². The molecule has 1 rings (SSSR count). The topological polar surface area (TPSA) is 36.4 Å². The van der Waals surface area contributed by atoms with Crippen LogP contribution in [0.2, 0.25) is 0 Å². The zero-order valence-electron chi connectivity index (χ0n) is 11.3. The van der Waals surface area contributed by atoms with Crippen molar-refractivity contribution in [2.75, 3.05) is 25.1 Å². The number of thioether (sulfide) groups is 1. The molecule has 0 atom stereocenters. The quantitative estimate of drug-likeness (QED) is 0.297. The third kappa shape index (κ3) is 8.75. The number of nitrogens with one attached hydrogen (secondary N) is 2. The molecule has 0 heterocycles. The average molecular weight is 458 g/mol. The first kappa shape index (κ1) is 19.1. The molecule has 3 nitrogen and oxygen atoms in total. The molecule has 0 aliphatic heterocycles. The molecule has 0 radical (unpaired) electrons. The minimum Gasteiger partial charge on any atom is -0.357 e. The standard InChI is InChI=1S/C13H20BrN3S.HI/c1-3-15-13(16-8-9-18-2)17-10-11-4-6-12(14)7-5-11;/h4-7H,3,8-10H2,1-2H3,(H2,15,16,17);1H. The Morgan fingerprint density at radius 1 is 1.26 bits per heavy atom. The third-order valence-corrected chi connectivity index (χ3v) is 3.42. The van der Waals surface area contributed by atoms with Crippen molar-refractivity contribution in [2.24, 2.45) is 4.99 Å². The Kier molecular flexibility index (Phi) is 11.9. The second kappa shape index (κ2) is 11.8. The molecular weight excluding hydrogens is 437 g/mol. The van der Waals surface area contributed by atoms with E-state index < -0.39 is 0 Å². The Morgan fingerprint density at radius 3 is 2.53 bits per heavy atom. The van der Waals surface area contributed by atoms with Gasteiger partial charge in [0.1, 0.15) is 0 Å². The lowest BCUT2D eigenvalue weighted by Gasteiger charge is -2.10. The summed E-state index contributed by atoms with van der Waals surface area (Å²) in [6.45, 7) is 4.59. The van der Waals surface area contributed by atoms with Crippen LogP contribution in [0.15, 0.2) is 33.7 Å². The Morgan fingerprint density at radius 2 is 1.95 bits per heavy atom. The van der Waals surface area contributed by atoms with Gasteiger partial charge in [-0.1, -0.05) is 28.1 Å². The van der Waals surface area contributed by atoms with Gasteiger partial charge in [0.15, 0.2) is 5.96 Å². The maximum atomic E-state index is 4.56. The summed E-state index contributed by atoms with van der Waals surface area (Å²) in [6.07, 6.45) is 2.10. The van der Waals surface area contributed by atoms with Crippen LogP contribution in [-0.4, -0.2) is 31.1 Å². The Hall–Kier alpha value is 0.0500. The molecule has 0 aliphatic carbocycles. The van der Waals surface area contributed by atoms with Gasteiger partial charge in [-0.2, -0.15) is 11.8 Å². The molecule has 0 saturated heterocycles. The lowest BCUT2D eigenvalue weighted by molar-refractivity contribution is 0.843. The van der Waals surface area contributed by atoms with E-state index in [-0.39, 0.29) is 24.0 Å². The fourth-order valence-electron chi connectivity index (χ4n) is 1.37. The monoisotopic (exact) mass is 457 g/mol. The molecule has 1 aromatic rings. The lowest BCUT2D eigenvalue weighted by atomic mass is 10.2. The number of hydrogen-bond donors (Lipinski definition) is 2. The number of rotatable bonds is 6. The summed E-state index contributed by atoms with van der Waals surface area (Å²) in [5, 5.41) is 6.56. The number of aliphatic imine (C=N–C) groups is 1. The molecule has 0 unspecified atom stereocenters. The highest BCUT2D eigenvalue weighted by Gasteiger charge is 1.97. The van der Waals surface area contributed by atoms with Crippen molar-refractivity contribution >= 4 is 57.6 Å². The van der Waals surface area contributed by atoms with Crippen molar-refractivity contribution in [1.82, 2.24) is 10.6 Å². The van der Waals surface area contributed by atoms with Crippen molar-refractivity contribution in [2.45, 2.75) is 13.5 Å². The van der Waals surface area contributed by atoms with Gasteiger partial charge in [0.25, 0.3) is 0 Å². The molecule has 108 valence electrons. The van der Waals surface area contributed by atoms with Gasteiger partial charge in [-0.25, -0.2) is 4.99 Å². The highest BCUT2D eigenvalue weighted by Crippen LogP contribution is 2.10. The molecule has 6 heteroatoms. The van der Waals surface area contributed by atoms with Gasteiger partial charge in [-0.05, 0) is 30.9 Å². The van der Waals surface area contributed by atoms with E-state index >= 15 is 0 Å². The summed E-state index contributed by atoms with van der Waals surface area (Å²) >= 11 is 5.26. The van der Waals surface area contributed by atoms with E-state index in [1.807, 2.05) is 23.9 Å². The molecule has 0 aromatic heterocycles. The van der Waals surface area contributed by atoms with Crippen LogP contribution < -0.4 is 10.6 Å². The van der Waals surface area contributed by atoms with E-state index in [1.54, 1.807) is 0 Å². The van der Waals surface area contributed by atoms with E-state index in [2.05, 4.69) is 56.9 Å². The van der Waals surface area contributed by atoms with Crippen LogP contribution >= 0.6 is 51.7 Å². The van der Waals surface area contributed by atoms with Crippen LogP contribution in [0.3, 0.4) is 0 Å². The third-order valence-electron chi connectivity index (χ3n) is 2.28. The van der Waals surface area contributed by atoms with E-state index in [9.17, 15) is 0 Å². The van der Waals surface area contributed by atoms with Crippen molar-refractivity contribution in [3.8, 4) is 0 Å². The average Bonchev–Trinajstić information content (AvgIpc) is 2.38. The van der Waals surface area contributed by atoms with Gasteiger partial charge in [0.05, 0.1) is 6.54 Å². The van der Waals surface area contributed by atoms with E-state index in [4.69, 9.17) is 0 Å². The van der Waals surface area contributed by atoms with Gasteiger partial charge in [-0.3, -0.25) is 0 Å². The minimum absolute atomic E-state index is 0. The fourth-order valence-corrected chi connectivity index (χ4v) is 1.94. The molecule has 0 saturated carbocycles. The second-order valence-electron chi connectivity index (χ2n) is 3.74. The van der Waals surface area contributed by atoms with Crippen molar-refractivity contribution < 1.29 is 0 Å². The van der Waals surface area contributed by atoms with Crippen LogP contribution in [0.4, 0.5) is 0 Å². The molecule has 1 aromatic carbocycles. The van der Waals surface area contributed by atoms with Crippen molar-refractivity contribution in [1.29, 1.82) is 0 Å². The summed E-state index contributed by atoms with van der Waals surface area (Å²) in [6, 6.07) is 8.25. The first-order chi connectivity index (χ1) is 8.76. The van der Waals surface area contributed by atoms with E-state index in [0.717, 1.165) is 29.3 Å². The first-order valence-corrected chi connectivity index (χ1v) is 8.20. The predicted molar refractivity (Wildman–Crippen MR) is 101 cm³/mol. The molecule has 0 amide bonds. The maximum absolute atomic E-state index is 4.56. The summed E-state index contributed by atoms with van der Waals surface area (Å²) in [7, 11) is 0. The summed E-state index contributed by atoms with van der Waals surface area (Å²) in [4.78, 5) is 4.56. The predicted octanol–water partition coefficient (Wildman–Crippen LogP) is 3.49. The summed E-state index contributed by atoms with van der Waals surface area (Å²) in [5.41, 5.74) is 1.21. The Labute approximate surface area is 145 Å². The van der Waals surface area contributed by atoms with Crippen LogP contribution in [0.5, 0.6) is 0 Å².